The third-order valence-electron chi connectivity index (χ3n) is 12.7. The summed E-state index contributed by atoms with van der Waals surface area (Å²) in [6, 6.07) is 56.9. The first kappa shape index (κ1) is 33.7. The monoisotopic (exact) mass is 734 g/mol. The summed E-state index contributed by atoms with van der Waals surface area (Å²) in [5.41, 5.74) is 9.64. The standard InChI is InChI=1S/C53H42N4/c1-52(2)28-29-53(3,4)46-32-47-44(31-45(46)52)42-27-24-35-14-8-10-18-41(35)48(42)57(47)39-25-22-36(23-26-39)49-54-50(38-21-20-33-12-5-6-15-37(33)30-38)56-51(55-49)43-19-11-16-34-13-7-9-17-40(34)43/h5-27,30-32H,28-29H2,1-4H3. The molecule has 1 aliphatic carbocycles. The fraction of sp³-hybridized carbons (Fsp3) is 0.151. The Morgan fingerprint density at radius 1 is 0.421 bits per heavy atom. The van der Waals surface area contributed by atoms with Gasteiger partial charge in [-0.05, 0) is 104 Å². The number of fused-ring (bicyclic) bond motifs is 8. The molecule has 57 heavy (non-hydrogen) atoms. The van der Waals surface area contributed by atoms with E-state index >= 15 is 0 Å². The topological polar surface area (TPSA) is 43.6 Å². The smallest absolute Gasteiger partial charge is 0.164 e. The van der Waals surface area contributed by atoms with Crippen molar-refractivity contribution >= 4 is 54.1 Å². The normalized spacial score (nSPS) is 14.8. The van der Waals surface area contributed by atoms with E-state index in [1.807, 2.05) is 0 Å². The van der Waals surface area contributed by atoms with Gasteiger partial charge in [-0.1, -0.05) is 143 Å². The van der Waals surface area contributed by atoms with E-state index in [1.165, 1.54) is 61.9 Å². The number of aromatic nitrogens is 4. The number of nitrogens with zero attached hydrogens (tertiary/aromatic N) is 4. The van der Waals surface area contributed by atoms with Crippen molar-refractivity contribution in [3.05, 3.63) is 169 Å². The van der Waals surface area contributed by atoms with Gasteiger partial charge in [-0.3, -0.25) is 0 Å². The van der Waals surface area contributed by atoms with Crippen molar-refractivity contribution in [2.24, 2.45) is 0 Å². The van der Waals surface area contributed by atoms with Gasteiger partial charge in [0.25, 0.3) is 0 Å². The van der Waals surface area contributed by atoms with Crippen LogP contribution in [0.3, 0.4) is 0 Å². The maximum absolute atomic E-state index is 5.19. The molecule has 0 N–H and O–H groups in total. The average molecular weight is 735 g/mol. The molecule has 2 aromatic heterocycles. The summed E-state index contributed by atoms with van der Waals surface area (Å²) in [7, 11) is 0. The second-order valence-electron chi connectivity index (χ2n) is 17.1. The van der Waals surface area contributed by atoms with Crippen LogP contribution in [-0.2, 0) is 10.8 Å². The molecule has 4 heteroatoms. The summed E-state index contributed by atoms with van der Waals surface area (Å²) >= 11 is 0. The van der Waals surface area contributed by atoms with Crippen molar-refractivity contribution in [2.45, 2.75) is 51.4 Å². The lowest BCUT2D eigenvalue weighted by Gasteiger charge is -2.42. The van der Waals surface area contributed by atoms with Crippen LogP contribution in [0.5, 0.6) is 0 Å². The van der Waals surface area contributed by atoms with Crippen LogP contribution in [0.15, 0.2) is 158 Å². The first-order valence-corrected chi connectivity index (χ1v) is 20.1. The third-order valence-corrected chi connectivity index (χ3v) is 12.7. The largest absolute Gasteiger partial charge is 0.309 e. The van der Waals surface area contributed by atoms with Gasteiger partial charge in [0.15, 0.2) is 17.5 Å². The highest BCUT2D eigenvalue weighted by atomic mass is 15.0. The summed E-state index contributed by atoms with van der Waals surface area (Å²) in [5.74, 6) is 1.96. The van der Waals surface area contributed by atoms with Crippen molar-refractivity contribution in [3.63, 3.8) is 0 Å². The van der Waals surface area contributed by atoms with Crippen LogP contribution in [0.1, 0.15) is 51.7 Å². The van der Waals surface area contributed by atoms with E-state index in [2.05, 4.69) is 190 Å². The Labute approximate surface area is 332 Å². The summed E-state index contributed by atoms with van der Waals surface area (Å²) < 4.78 is 2.49. The fourth-order valence-electron chi connectivity index (χ4n) is 9.37. The highest BCUT2D eigenvalue weighted by Crippen LogP contribution is 2.49. The number of hydrogen-bond acceptors (Lipinski definition) is 3. The summed E-state index contributed by atoms with van der Waals surface area (Å²) in [4.78, 5) is 15.5. The molecule has 0 amide bonds. The minimum Gasteiger partial charge on any atom is -0.309 e. The van der Waals surface area contributed by atoms with E-state index in [1.54, 1.807) is 0 Å². The van der Waals surface area contributed by atoms with Gasteiger partial charge in [-0.15, -0.1) is 0 Å². The lowest BCUT2D eigenvalue weighted by Crippen LogP contribution is -2.33. The predicted molar refractivity (Wildman–Crippen MR) is 238 cm³/mol. The lowest BCUT2D eigenvalue weighted by molar-refractivity contribution is 0.332. The molecule has 0 bridgehead atoms. The summed E-state index contributed by atoms with van der Waals surface area (Å²) in [6.45, 7) is 9.66. The van der Waals surface area contributed by atoms with Gasteiger partial charge in [-0.2, -0.15) is 0 Å². The van der Waals surface area contributed by atoms with Gasteiger partial charge < -0.3 is 4.57 Å². The molecule has 8 aromatic carbocycles. The maximum atomic E-state index is 5.19. The molecule has 0 fully saturated rings. The van der Waals surface area contributed by atoms with Gasteiger partial charge in [-0.25, -0.2) is 15.0 Å². The van der Waals surface area contributed by atoms with Crippen molar-refractivity contribution in [1.29, 1.82) is 0 Å². The van der Waals surface area contributed by atoms with E-state index in [4.69, 9.17) is 15.0 Å². The Bertz CT molecular complexity index is 3230. The van der Waals surface area contributed by atoms with Crippen molar-refractivity contribution in [1.82, 2.24) is 19.5 Å². The quantitative estimate of drug-likeness (QED) is 0.181. The first-order valence-electron chi connectivity index (χ1n) is 20.1. The van der Waals surface area contributed by atoms with Crippen LogP contribution in [0.2, 0.25) is 0 Å². The highest BCUT2D eigenvalue weighted by molar-refractivity contribution is 6.19. The Morgan fingerprint density at radius 3 is 1.74 bits per heavy atom. The molecule has 0 aliphatic heterocycles. The average Bonchev–Trinajstić information content (AvgIpc) is 3.58. The van der Waals surface area contributed by atoms with E-state index in [0.29, 0.717) is 17.5 Å². The van der Waals surface area contributed by atoms with E-state index in [0.717, 1.165) is 38.5 Å². The summed E-state index contributed by atoms with van der Waals surface area (Å²) in [6.07, 6.45) is 2.35. The molecular formula is C53H42N4. The highest BCUT2D eigenvalue weighted by Gasteiger charge is 2.38. The van der Waals surface area contributed by atoms with Crippen LogP contribution in [0, 0.1) is 0 Å². The van der Waals surface area contributed by atoms with Crippen molar-refractivity contribution < 1.29 is 0 Å². The van der Waals surface area contributed by atoms with Crippen LogP contribution >= 0.6 is 0 Å². The molecule has 0 spiro atoms. The van der Waals surface area contributed by atoms with Gasteiger partial charge in [0.2, 0.25) is 0 Å². The van der Waals surface area contributed by atoms with Crippen molar-refractivity contribution in [3.8, 4) is 39.9 Å². The Kier molecular flexibility index (Phi) is 7.34. The van der Waals surface area contributed by atoms with Gasteiger partial charge in [0.1, 0.15) is 0 Å². The second-order valence-corrected chi connectivity index (χ2v) is 17.1. The van der Waals surface area contributed by atoms with Crippen LogP contribution in [0.25, 0.3) is 94.0 Å². The Hall–Kier alpha value is -6.65. The molecule has 0 saturated heterocycles. The number of rotatable bonds is 4. The van der Waals surface area contributed by atoms with E-state index in [-0.39, 0.29) is 10.8 Å². The molecule has 274 valence electrons. The lowest BCUT2D eigenvalue weighted by atomic mass is 9.63. The minimum absolute atomic E-state index is 0.0927. The molecule has 0 saturated carbocycles. The third kappa shape index (κ3) is 5.38. The molecule has 0 unspecified atom stereocenters. The van der Waals surface area contributed by atoms with Crippen molar-refractivity contribution in [2.75, 3.05) is 0 Å². The maximum Gasteiger partial charge on any atom is 0.164 e. The molecule has 0 atom stereocenters. The molecular weight excluding hydrogens is 693 g/mol. The zero-order chi connectivity index (χ0) is 38.5. The van der Waals surface area contributed by atoms with E-state index in [9.17, 15) is 0 Å². The molecule has 11 rings (SSSR count). The number of benzene rings is 8. The zero-order valence-corrected chi connectivity index (χ0v) is 32.7. The van der Waals surface area contributed by atoms with Gasteiger partial charge >= 0.3 is 0 Å². The second kappa shape index (κ2) is 12.4. The first-order chi connectivity index (χ1) is 27.7. The van der Waals surface area contributed by atoms with Crippen LogP contribution in [0.4, 0.5) is 0 Å². The number of hydrogen-bond donors (Lipinski definition) is 0. The molecule has 1 aliphatic rings. The van der Waals surface area contributed by atoms with Gasteiger partial charge in [0.05, 0.1) is 11.0 Å². The fourth-order valence-corrected chi connectivity index (χ4v) is 9.37. The SMILES string of the molecule is CC1(C)CCC(C)(C)c2cc3c(cc21)c1ccc2ccccc2c1n3-c1ccc(-c2nc(-c3ccc4ccccc4c3)nc(-c3cccc4ccccc34)n2)cc1. The molecule has 2 heterocycles. The van der Waals surface area contributed by atoms with Crippen LogP contribution < -0.4 is 0 Å². The Morgan fingerprint density at radius 2 is 0.982 bits per heavy atom. The van der Waals surface area contributed by atoms with E-state index < -0.39 is 0 Å². The minimum atomic E-state index is 0.0927. The molecule has 10 aromatic rings. The molecule has 0 radical (unpaired) electrons. The Balaban J connectivity index is 1.12. The predicted octanol–water partition coefficient (Wildman–Crippen LogP) is 13.8. The summed E-state index contributed by atoms with van der Waals surface area (Å²) in [5, 5.41) is 9.69. The zero-order valence-electron chi connectivity index (χ0n) is 32.7. The van der Waals surface area contributed by atoms with Gasteiger partial charge in [0, 0.05) is 38.5 Å². The molecule has 4 nitrogen and oxygen atoms in total. The van der Waals surface area contributed by atoms with Crippen LogP contribution in [-0.4, -0.2) is 19.5 Å².